The number of nitriles is 1. The lowest BCUT2D eigenvalue weighted by Gasteiger charge is -2.34. The molecule has 1 aromatic carbocycles. The van der Waals surface area contributed by atoms with Crippen molar-refractivity contribution in [3.8, 4) is 6.07 Å². The van der Waals surface area contributed by atoms with E-state index in [1.807, 2.05) is 19.1 Å². The van der Waals surface area contributed by atoms with Crippen LogP contribution in [0.25, 0.3) is 6.08 Å². The summed E-state index contributed by atoms with van der Waals surface area (Å²) in [5.74, 6) is -0.296. The molecule has 0 saturated carbocycles. The fourth-order valence-corrected chi connectivity index (χ4v) is 4.28. The van der Waals surface area contributed by atoms with Gasteiger partial charge in [-0.25, -0.2) is 0 Å². The zero-order valence-corrected chi connectivity index (χ0v) is 19.6. The van der Waals surface area contributed by atoms with E-state index in [0.717, 1.165) is 69.2 Å². The van der Waals surface area contributed by atoms with Gasteiger partial charge in [-0.3, -0.25) is 14.6 Å². The van der Waals surface area contributed by atoms with E-state index in [1.54, 1.807) is 6.08 Å². The third kappa shape index (κ3) is 6.32. The zero-order valence-electron chi connectivity index (χ0n) is 19.6. The molecule has 1 saturated heterocycles. The largest absolute Gasteiger partial charge is 0.350 e. The normalized spacial score (nSPS) is 15.5. The molecule has 1 aliphatic rings. The number of carbonyl (C=O) groups excluding carboxylic acids is 1. The average Bonchev–Trinajstić information content (AvgIpc) is 3.07. The highest BCUT2D eigenvalue weighted by Crippen LogP contribution is 2.18. The molecule has 170 valence electrons. The molecule has 1 N–H and O–H groups in total. The van der Waals surface area contributed by atoms with Crippen LogP contribution in [0.1, 0.15) is 35.9 Å². The van der Waals surface area contributed by atoms with Gasteiger partial charge in [0.05, 0.1) is 0 Å². The van der Waals surface area contributed by atoms with Crippen LogP contribution in [0, 0.1) is 25.2 Å². The molecule has 0 bridgehead atoms. The number of amides is 1. The molecule has 0 spiro atoms. The predicted molar refractivity (Wildman–Crippen MR) is 129 cm³/mol. The van der Waals surface area contributed by atoms with Crippen molar-refractivity contribution in [2.24, 2.45) is 0 Å². The summed E-state index contributed by atoms with van der Waals surface area (Å²) in [5, 5.41) is 12.5. The minimum absolute atomic E-state index is 0.162. The Balaban J connectivity index is 1.45. The Morgan fingerprint density at radius 2 is 1.78 bits per heavy atom. The van der Waals surface area contributed by atoms with Crippen LogP contribution < -0.4 is 5.32 Å². The van der Waals surface area contributed by atoms with Gasteiger partial charge in [0, 0.05) is 63.7 Å². The first-order chi connectivity index (χ1) is 15.5. The minimum atomic E-state index is -0.296. The van der Waals surface area contributed by atoms with Crippen molar-refractivity contribution >= 4 is 12.0 Å². The molecular formula is C26H35N5O. The number of piperazine rings is 1. The highest BCUT2D eigenvalue weighted by molar-refractivity contribution is 6.01. The van der Waals surface area contributed by atoms with E-state index in [9.17, 15) is 10.1 Å². The molecule has 2 heterocycles. The fourth-order valence-electron chi connectivity index (χ4n) is 4.28. The number of nitrogens with zero attached hydrogens (tertiary/aromatic N) is 4. The first-order valence-electron chi connectivity index (χ1n) is 11.6. The molecule has 6 nitrogen and oxygen atoms in total. The molecule has 1 amide bonds. The van der Waals surface area contributed by atoms with Crippen molar-refractivity contribution in [1.82, 2.24) is 19.7 Å². The van der Waals surface area contributed by atoms with Crippen LogP contribution in [0.4, 0.5) is 0 Å². The van der Waals surface area contributed by atoms with Gasteiger partial charge in [-0.15, -0.1) is 0 Å². The number of hydrogen-bond donors (Lipinski definition) is 1. The quantitative estimate of drug-likeness (QED) is 0.487. The Kier molecular flexibility index (Phi) is 8.66. The van der Waals surface area contributed by atoms with E-state index in [-0.39, 0.29) is 11.5 Å². The number of rotatable bonds is 9. The Labute approximate surface area is 192 Å². The summed E-state index contributed by atoms with van der Waals surface area (Å²) in [7, 11) is 0. The number of aromatic nitrogens is 1. The van der Waals surface area contributed by atoms with Crippen molar-refractivity contribution in [1.29, 1.82) is 5.26 Å². The first kappa shape index (κ1) is 23.8. The van der Waals surface area contributed by atoms with Crippen LogP contribution in [0.15, 0.2) is 42.0 Å². The SMILES string of the molecule is CCCn1c(C)cc(/C=C(\C#N)C(=O)NCCN2CCN(Cc3ccccc3)CC2)c1C. The smallest absolute Gasteiger partial charge is 0.261 e. The van der Waals surface area contributed by atoms with E-state index in [1.165, 1.54) is 5.56 Å². The molecular weight excluding hydrogens is 398 g/mol. The topological polar surface area (TPSA) is 64.3 Å². The standard InChI is InChI=1S/C26H35N5O/c1-4-11-31-21(2)17-24(22(31)3)18-25(19-27)26(32)28-10-12-29-13-15-30(16-14-29)20-23-8-6-5-7-9-23/h5-9,17-18H,4,10-16,20H2,1-3H3,(H,28,32)/b25-18+. The molecule has 0 atom stereocenters. The lowest BCUT2D eigenvalue weighted by Crippen LogP contribution is -2.48. The number of benzene rings is 1. The van der Waals surface area contributed by atoms with Crippen LogP contribution >= 0.6 is 0 Å². The van der Waals surface area contributed by atoms with Crippen molar-refractivity contribution in [2.75, 3.05) is 39.3 Å². The molecule has 3 rings (SSSR count). The van der Waals surface area contributed by atoms with Gasteiger partial charge in [0.2, 0.25) is 0 Å². The molecule has 0 aliphatic carbocycles. The minimum Gasteiger partial charge on any atom is -0.350 e. The summed E-state index contributed by atoms with van der Waals surface area (Å²) in [4.78, 5) is 17.4. The molecule has 6 heteroatoms. The molecule has 2 aromatic rings. The van der Waals surface area contributed by atoms with Crippen molar-refractivity contribution in [3.63, 3.8) is 0 Å². The van der Waals surface area contributed by atoms with E-state index < -0.39 is 0 Å². The summed E-state index contributed by atoms with van der Waals surface area (Å²) in [5.41, 5.74) is 4.70. The zero-order chi connectivity index (χ0) is 22.9. The van der Waals surface area contributed by atoms with Gasteiger partial charge in [0.15, 0.2) is 0 Å². The van der Waals surface area contributed by atoms with Crippen LogP contribution in [0.5, 0.6) is 0 Å². The van der Waals surface area contributed by atoms with Gasteiger partial charge in [-0.2, -0.15) is 5.26 Å². The summed E-state index contributed by atoms with van der Waals surface area (Å²) >= 11 is 0. The average molecular weight is 434 g/mol. The van der Waals surface area contributed by atoms with E-state index >= 15 is 0 Å². The van der Waals surface area contributed by atoms with E-state index in [2.05, 4.69) is 63.9 Å². The van der Waals surface area contributed by atoms with Gasteiger partial charge >= 0.3 is 0 Å². The fraction of sp³-hybridized carbons (Fsp3) is 0.462. The Bertz CT molecular complexity index is 962. The summed E-state index contributed by atoms with van der Waals surface area (Å²) < 4.78 is 2.23. The maximum atomic E-state index is 12.6. The van der Waals surface area contributed by atoms with Crippen molar-refractivity contribution in [2.45, 2.75) is 40.3 Å². The summed E-state index contributed by atoms with van der Waals surface area (Å²) in [6, 6.07) is 14.7. The van der Waals surface area contributed by atoms with Crippen molar-refractivity contribution in [3.05, 3.63) is 64.5 Å². The molecule has 0 unspecified atom stereocenters. The van der Waals surface area contributed by atoms with Crippen molar-refractivity contribution < 1.29 is 4.79 Å². The number of carbonyl (C=O) groups is 1. The predicted octanol–water partition coefficient (Wildman–Crippen LogP) is 3.36. The van der Waals surface area contributed by atoms with Gasteiger partial charge in [-0.1, -0.05) is 37.3 Å². The third-order valence-electron chi connectivity index (χ3n) is 6.15. The number of nitrogens with one attached hydrogen (secondary N) is 1. The van der Waals surface area contributed by atoms with Crippen LogP contribution in [0.3, 0.4) is 0 Å². The monoisotopic (exact) mass is 433 g/mol. The van der Waals surface area contributed by atoms with E-state index in [0.29, 0.717) is 6.54 Å². The molecule has 1 aliphatic heterocycles. The highest BCUT2D eigenvalue weighted by Gasteiger charge is 2.17. The lowest BCUT2D eigenvalue weighted by atomic mass is 10.1. The van der Waals surface area contributed by atoms with Gasteiger partial charge in [-0.05, 0) is 43.5 Å². The Hall–Kier alpha value is -2.88. The summed E-state index contributed by atoms with van der Waals surface area (Å²) in [6.45, 7) is 13.6. The molecule has 0 radical (unpaired) electrons. The Morgan fingerprint density at radius 3 is 2.44 bits per heavy atom. The molecule has 1 fully saturated rings. The third-order valence-corrected chi connectivity index (χ3v) is 6.15. The van der Waals surface area contributed by atoms with E-state index in [4.69, 9.17) is 0 Å². The second kappa shape index (κ2) is 11.7. The highest BCUT2D eigenvalue weighted by atomic mass is 16.1. The Morgan fingerprint density at radius 1 is 1.09 bits per heavy atom. The second-order valence-corrected chi connectivity index (χ2v) is 8.51. The van der Waals surface area contributed by atoms with Gasteiger partial charge in [0.1, 0.15) is 11.6 Å². The van der Waals surface area contributed by atoms with Crippen LogP contribution in [-0.2, 0) is 17.9 Å². The molecule has 1 aromatic heterocycles. The maximum absolute atomic E-state index is 12.6. The summed E-state index contributed by atoms with van der Waals surface area (Å²) in [6.07, 6.45) is 2.76. The molecule has 32 heavy (non-hydrogen) atoms. The van der Waals surface area contributed by atoms with Gasteiger partial charge < -0.3 is 9.88 Å². The van der Waals surface area contributed by atoms with Crippen LogP contribution in [-0.4, -0.2) is 59.5 Å². The number of aryl methyl sites for hydroxylation is 1. The van der Waals surface area contributed by atoms with Gasteiger partial charge in [0.25, 0.3) is 5.91 Å². The second-order valence-electron chi connectivity index (χ2n) is 8.51. The lowest BCUT2D eigenvalue weighted by molar-refractivity contribution is -0.117. The van der Waals surface area contributed by atoms with Crippen LogP contribution in [0.2, 0.25) is 0 Å². The number of hydrogen-bond acceptors (Lipinski definition) is 4. The first-order valence-corrected chi connectivity index (χ1v) is 11.6. The maximum Gasteiger partial charge on any atom is 0.261 e.